The number of nitrogens with zero attached hydrogens (tertiary/aromatic N) is 2. The van der Waals surface area contributed by atoms with Gasteiger partial charge in [0.1, 0.15) is 0 Å². The first-order valence-corrected chi connectivity index (χ1v) is 13.4. The first kappa shape index (κ1) is 21.3. The molecule has 38 heavy (non-hydrogen) atoms. The molecule has 0 atom stereocenters. The molecule has 0 saturated carbocycles. The Balaban J connectivity index is 1.18. The highest BCUT2D eigenvalue weighted by molar-refractivity contribution is 6.09. The van der Waals surface area contributed by atoms with Crippen LogP contribution in [0.4, 0.5) is 0 Å². The van der Waals surface area contributed by atoms with Crippen LogP contribution in [0, 0.1) is 0 Å². The van der Waals surface area contributed by atoms with Crippen molar-refractivity contribution in [1.29, 1.82) is 0 Å². The molecule has 2 aromatic heterocycles. The number of hydrogen-bond donors (Lipinski definition) is 0. The summed E-state index contributed by atoms with van der Waals surface area (Å²) in [5, 5.41) is 3.95. The highest BCUT2D eigenvalue weighted by atomic mass is 15.0. The zero-order chi connectivity index (χ0) is 25.1. The molecule has 0 saturated heterocycles. The van der Waals surface area contributed by atoms with E-state index in [0.29, 0.717) is 0 Å². The third-order valence-electron chi connectivity index (χ3n) is 8.02. The van der Waals surface area contributed by atoms with Gasteiger partial charge in [0.15, 0.2) is 0 Å². The second kappa shape index (κ2) is 8.36. The maximum Gasteiger partial charge on any atom is 0.0541 e. The van der Waals surface area contributed by atoms with Crippen LogP contribution in [0.2, 0.25) is 0 Å². The van der Waals surface area contributed by atoms with Crippen LogP contribution in [0.5, 0.6) is 0 Å². The van der Waals surface area contributed by atoms with E-state index in [-0.39, 0.29) is 0 Å². The number of para-hydroxylation sites is 3. The maximum atomic E-state index is 2.41. The maximum absolute atomic E-state index is 2.41. The number of allylic oxidation sites excluding steroid dienone is 1. The Morgan fingerprint density at radius 1 is 0.447 bits per heavy atom. The van der Waals surface area contributed by atoms with E-state index in [2.05, 4.69) is 143 Å². The van der Waals surface area contributed by atoms with E-state index in [4.69, 9.17) is 0 Å². The number of rotatable bonds is 3. The van der Waals surface area contributed by atoms with Crippen molar-refractivity contribution in [2.75, 3.05) is 0 Å². The molecular weight excluding hydrogens is 460 g/mol. The Kier molecular flexibility index (Phi) is 4.68. The predicted molar refractivity (Wildman–Crippen MR) is 160 cm³/mol. The van der Waals surface area contributed by atoms with Crippen molar-refractivity contribution in [1.82, 2.24) is 9.13 Å². The molecule has 7 aromatic rings. The van der Waals surface area contributed by atoms with Crippen LogP contribution >= 0.6 is 0 Å². The molecule has 0 amide bonds. The van der Waals surface area contributed by atoms with Crippen molar-refractivity contribution in [3.63, 3.8) is 0 Å². The Hall–Kier alpha value is -4.82. The van der Waals surface area contributed by atoms with Crippen molar-refractivity contribution in [2.45, 2.75) is 12.8 Å². The molecule has 0 radical (unpaired) electrons. The minimum atomic E-state index is 1.11. The van der Waals surface area contributed by atoms with E-state index in [1.807, 2.05) is 0 Å². The first-order chi connectivity index (χ1) is 18.9. The third kappa shape index (κ3) is 3.13. The lowest BCUT2D eigenvalue weighted by Crippen LogP contribution is -2.00. The van der Waals surface area contributed by atoms with Gasteiger partial charge < -0.3 is 9.13 Å². The topological polar surface area (TPSA) is 9.86 Å². The zero-order valence-electron chi connectivity index (χ0n) is 21.0. The van der Waals surface area contributed by atoms with Gasteiger partial charge in [-0.15, -0.1) is 0 Å². The lowest BCUT2D eigenvalue weighted by molar-refractivity contribution is 0.967. The fourth-order valence-electron chi connectivity index (χ4n) is 6.27. The summed E-state index contributed by atoms with van der Waals surface area (Å²) in [5.41, 5.74) is 11.4. The van der Waals surface area contributed by atoms with Gasteiger partial charge in [0.25, 0.3) is 0 Å². The van der Waals surface area contributed by atoms with E-state index in [0.717, 1.165) is 12.8 Å². The lowest BCUT2D eigenvalue weighted by atomic mass is 10.0. The summed E-state index contributed by atoms with van der Waals surface area (Å²) in [6, 6.07) is 44.1. The molecule has 1 aliphatic carbocycles. The second-order valence-corrected chi connectivity index (χ2v) is 10.1. The van der Waals surface area contributed by atoms with Crippen LogP contribution in [0.1, 0.15) is 17.7 Å². The van der Waals surface area contributed by atoms with Gasteiger partial charge in [0, 0.05) is 33.2 Å². The quantitative estimate of drug-likeness (QED) is 0.235. The fraction of sp³-hybridized carbons (Fsp3) is 0.0556. The standard InChI is InChI=1S/C36H26N2/c1-5-13-33-29(9-1)30-10-2-6-14-34(30)37(33)27-21-17-25(18-22-27)26-19-23-28(24-20-26)38-35-15-7-3-11-31(35)32-12-4-8-16-36(32)38/h1-3,5-11,13-24H,4,12H2. The molecule has 8 rings (SSSR count). The molecular formula is C36H26N2. The van der Waals surface area contributed by atoms with E-state index < -0.39 is 0 Å². The van der Waals surface area contributed by atoms with Crippen LogP contribution in [-0.4, -0.2) is 9.13 Å². The average Bonchev–Trinajstić information content (AvgIpc) is 3.51. The van der Waals surface area contributed by atoms with Crippen LogP contribution in [-0.2, 0) is 6.42 Å². The van der Waals surface area contributed by atoms with Crippen LogP contribution in [0.3, 0.4) is 0 Å². The number of aromatic nitrogens is 2. The van der Waals surface area contributed by atoms with Gasteiger partial charge in [-0.2, -0.15) is 0 Å². The summed E-state index contributed by atoms with van der Waals surface area (Å²) < 4.78 is 4.78. The molecule has 180 valence electrons. The van der Waals surface area contributed by atoms with Gasteiger partial charge in [-0.1, -0.05) is 84.9 Å². The van der Waals surface area contributed by atoms with Gasteiger partial charge in [-0.05, 0) is 78.1 Å². The Bertz CT molecular complexity index is 1940. The van der Waals surface area contributed by atoms with Crippen molar-refractivity contribution in [2.24, 2.45) is 0 Å². The van der Waals surface area contributed by atoms with E-state index in [1.165, 1.54) is 66.5 Å². The van der Waals surface area contributed by atoms with Gasteiger partial charge in [-0.3, -0.25) is 0 Å². The summed E-state index contributed by atoms with van der Waals surface area (Å²) in [4.78, 5) is 0. The molecule has 2 heteroatoms. The highest BCUT2D eigenvalue weighted by Crippen LogP contribution is 2.35. The van der Waals surface area contributed by atoms with Gasteiger partial charge >= 0.3 is 0 Å². The van der Waals surface area contributed by atoms with Gasteiger partial charge in [0.05, 0.1) is 16.6 Å². The largest absolute Gasteiger partial charge is 0.310 e. The highest BCUT2D eigenvalue weighted by Gasteiger charge is 2.18. The minimum absolute atomic E-state index is 1.11. The van der Waals surface area contributed by atoms with Crippen molar-refractivity contribution < 1.29 is 0 Å². The predicted octanol–water partition coefficient (Wildman–Crippen LogP) is 9.35. The van der Waals surface area contributed by atoms with E-state index >= 15 is 0 Å². The molecule has 0 aliphatic heterocycles. The molecule has 0 spiro atoms. The minimum Gasteiger partial charge on any atom is -0.310 e. The molecule has 0 unspecified atom stereocenters. The molecule has 0 bridgehead atoms. The molecule has 2 heterocycles. The van der Waals surface area contributed by atoms with Gasteiger partial charge in [0.2, 0.25) is 0 Å². The first-order valence-electron chi connectivity index (χ1n) is 13.4. The summed E-state index contributed by atoms with van der Waals surface area (Å²) >= 11 is 0. The summed E-state index contributed by atoms with van der Waals surface area (Å²) in [6.45, 7) is 0. The molecule has 0 fully saturated rings. The molecule has 1 aliphatic rings. The smallest absolute Gasteiger partial charge is 0.0541 e. The van der Waals surface area contributed by atoms with Crippen LogP contribution < -0.4 is 0 Å². The third-order valence-corrected chi connectivity index (χ3v) is 8.02. The van der Waals surface area contributed by atoms with Crippen LogP contribution in [0.25, 0.3) is 61.3 Å². The molecule has 0 N–H and O–H groups in total. The number of benzene rings is 5. The Labute approximate surface area is 221 Å². The number of hydrogen-bond acceptors (Lipinski definition) is 0. The number of fused-ring (bicyclic) bond motifs is 6. The molecule has 2 nitrogen and oxygen atoms in total. The Morgan fingerprint density at radius 3 is 1.50 bits per heavy atom. The van der Waals surface area contributed by atoms with E-state index in [1.54, 1.807) is 0 Å². The SMILES string of the molecule is C1=Cc2c(c3ccccc3n2-c2ccc(-c3ccc(-n4c5ccccc5c5ccccc54)cc3)cc2)CC1. The summed E-state index contributed by atoms with van der Waals surface area (Å²) in [6.07, 6.45) is 6.81. The van der Waals surface area contributed by atoms with Crippen LogP contribution in [0.15, 0.2) is 127 Å². The van der Waals surface area contributed by atoms with Crippen molar-refractivity contribution >= 4 is 38.8 Å². The van der Waals surface area contributed by atoms with Crippen molar-refractivity contribution in [3.8, 4) is 22.5 Å². The summed E-state index contributed by atoms with van der Waals surface area (Å²) in [5.74, 6) is 0. The van der Waals surface area contributed by atoms with Crippen molar-refractivity contribution in [3.05, 3.63) is 139 Å². The Morgan fingerprint density at radius 2 is 0.921 bits per heavy atom. The lowest BCUT2D eigenvalue weighted by Gasteiger charge is -2.13. The monoisotopic (exact) mass is 486 g/mol. The normalized spacial score (nSPS) is 12.9. The second-order valence-electron chi connectivity index (χ2n) is 10.1. The average molecular weight is 487 g/mol. The number of aryl methyl sites for hydroxylation is 1. The summed E-state index contributed by atoms with van der Waals surface area (Å²) in [7, 11) is 0. The zero-order valence-corrected chi connectivity index (χ0v) is 21.0. The fourth-order valence-corrected chi connectivity index (χ4v) is 6.27. The van der Waals surface area contributed by atoms with E-state index in [9.17, 15) is 0 Å². The van der Waals surface area contributed by atoms with Gasteiger partial charge in [-0.25, -0.2) is 0 Å². The molecule has 5 aromatic carbocycles.